The van der Waals surface area contributed by atoms with Crippen molar-refractivity contribution in [3.63, 3.8) is 0 Å². The third-order valence-corrected chi connectivity index (χ3v) is 6.89. The minimum Gasteiger partial charge on any atom is -0.480 e. The molecule has 0 unspecified atom stereocenters. The zero-order chi connectivity index (χ0) is 23.0. The molecule has 0 spiro atoms. The highest BCUT2D eigenvalue weighted by Gasteiger charge is 2.22. The fourth-order valence-corrected chi connectivity index (χ4v) is 4.84. The molecule has 1 aromatic heterocycles. The van der Waals surface area contributed by atoms with Crippen LogP contribution >= 0.6 is 11.6 Å². The number of aromatic nitrogens is 1. The van der Waals surface area contributed by atoms with E-state index >= 15 is 0 Å². The van der Waals surface area contributed by atoms with Crippen LogP contribution in [0, 0.1) is 5.92 Å². The van der Waals surface area contributed by atoms with Crippen LogP contribution in [0.1, 0.15) is 38.5 Å². The Bertz CT molecular complexity index is 928. The second kappa shape index (κ2) is 11.7. The van der Waals surface area contributed by atoms with Crippen molar-refractivity contribution in [3.05, 3.63) is 41.6 Å². The average Bonchev–Trinajstić information content (AvgIpc) is 2.84. The molecule has 4 rings (SSSR count). The molecule has 2 heterocycles. The summed E-state index contributed by atoms with van der Waals surface area (Å²) in [5.41, 5.74) is 3.11. The van der Waals surface area contributed by atoms with E-state index < -0.39 is 5.97 Å². The molecule has 0 amide bonds. The van der Waals surface area contributed by atoms with Gasteiger partial charge in [0.2, 0.25) is 0 Å². The van der Waals surface area contributed by atoms with Crippen LogP contribution < -0.4 is 16.0 Å². The van der Waals surface area contributed by atoms with Gasteiger partial charge < -0.3 is 25.8 Å². The van der Waals surface area contributed by atoms with Crippen LogP contribution in [-0.4, -0.2) is 54.4 Å². The lowest BCUT2D eigenvalue weighted by Gasteiger charge is -2.29. The quantitative estimate of drug-likeness (QED) is 0.422. The van der Waals surface area contributed by atoms with E-state index in [1.54, 1.807) is 6.20 Å². The number of carboxylic acid groups (broad SMARTS) is 1. The fourth-order valence-electron chi connectivity index (χ4n) is 4.63. The van der Waals surface area contributed by atoms with Crippen LogP contribution in [0.5, 0.6) is 0 Å². The number of halogens is 1. The summed E-state index contributed by atoms with van der Waals surface area (Å²) in [5, 5.41) is 19.7. The second-order valence-electron chi connectivity index (χ2n) is 9.03. The fraction of sp³-hybridized carbons (Fsp3) is 0.520. The van der Waals surface area contributed by atoms with Gasteiger partial charge in [-0.25, -0.2) is 4.98 Å². The Morgan fingerprint density at radius 1 is 1.09 bits per heavy atom. The van der Waals surface area contributed by atoms with Crippen molar-refractivity contribution in [2.24, 2.45) is 5.92 Å². The Morgan fingerprint density at radius 2 is 1.85 bits per heavy atom. The Morgan fingerprint density at radius 3 is 2.61 bits per heavy atom. The van der Waals surface area contributed by atoms with Crippen molar-refractivity contribution in [3.8, 4) is 11.1 Å². The molecule has 0 bridgehead atoms. The van der Waals surface area contributed by atoms with Crippen LogP contribution in [-0.2, 0) is 9.53 Å². The van der Waals surface area contributed by atoms with Crippen LogP contribution in [0.3, 0.4) is 0 Å². The van der Waals surface area contributed by atoms with Gasteiger partial charge in [0.25, 0.3) is 0 Å². The zero-order valence-corrected chi connectivity index (χ0v) is 19.6. The zero-order valence-electron chi connectivity index (χ0n) is 18.9. The van der Waals surface area contributed by atoms with Crippen LogP contribution in [0.4, 0.5) is 11.5 Å². The van der Waals surface area contributed by atoms with Crippen molar-refractivity contribution >= 4 is 29.1 Å². The molecular formula is C25H33ClN4O3. The Balaban J connectivity index is 1.36. The lowest BCUT2D eigenvalue weighted by molar-refractivity contribution is -0.136. The average molecular weight is 473 g/mol. The number of benzene rings is 1. The molecule has 178 valence electrons. The van der Waals surface area contributed by atoms with E-state index in [0.717, 1.165) is 80.9 Å². The van der Waals surface area contributed by atoms with Gasteiger partial charge in [-0.15, -0.1) is 0 Å². The molecule has 0 radical (unpaired) electrons. The molecular weight excluding hydrogens is 440 g/mol. The first kappa shape index (κ1) is 23.8. The molecule has 0 atom stereocenters. The highest BCUT2D eigenvalue weighted by Crippen LogP contribution is 2.32. The lowest BCUT2D eigenvalue weighted by Crippen LogP contribution is -2.39. The van der Waals surface area contributed by atoms with Crippen molar-refractivity contribution in [1.82, 2.24) is 10.3 Å². The summed E-state index contributed by atoms with van der Waals surface area (Å²) in [6.07, 6.45) is 7.77. The Kier molecular flexibility index (Phi) is 8.42. The third-order valence-electron chi connectivity index (χ3n) is 6.59. The van der Waals surface area contributed by atoms with Crippen molar-refractivity contribution in [1.29, 1.82) is 0 Å². The van der Waals surface area contributed by atoms with Gasteiger partial charge in [0, 0.05) is 49.3 Å². The Hall–Kier alpha value is -2.35. The third kappa shape index (κ3) is 7.06. The summed E-state index contributed by atoms with van der Waals surface area (Å²) in [4.78, 5) is 15.2. The SMILES string of the molecule is O=C(O)CNC1CCC(Nc2cc(-c3cccc(NCC4CCOCC4)c3)c(Cl)cn2)CC1. The number of carbonyl (C=O) groups is 1. The minimum atomic E-state index is -0.809. The molecule has 7 nitrogen and oxygen atoms in total. The van der Waals surface area contributed by atoms with Gasteiger partial charge in [-0.05, 0) is 68.2 Å². The molecule has 2 aliphatic rings. The summed E-state index contributed by atoms with van der Waals surface area (Å²) in [5.74, 6) is 0.657. The number of nitrogens with one attached hydrogen (secondary N) is 3. The number of aliphatic carboxylic acids is 1. The summed E-state index contributed by atoms with van der Waals surface area (Å²) >= 11 is 6.52. The van der Waals surface area contributed by atoms with Crippen molar-refractivity contribution in [2.75, 3.05) is 36.9 Å². The van der Waals surface area contributed by atoms with Gasteiger partial charge in [0.1, 0.15) is 5.82 Å². The molecule has 2 fully saturated rings. The van der Waals surface area contributed by atoms with Crippen molar-refractivity contribution in [2.45, 2.75) is 50.6 Å². The van der Waals surface area contributed by atoms with Gasteiger partial charge in [-0.1, -0.05) is 23.7 Å². The van der Waals surface area contributed by atoms with Gasteiger partial charge in [-0.3, -0.25) is 4.79 Å². The number of rotatable bonds is 9. The first-order chi connectivity index (χ1) is 16.1. The molecule has 4 N–H and O–H groups in total. The monoisotopic (exact) mass is 472 g/mol. The van der Waals surface area contributed by atoms with E-state index in [0.29, 0.717) is 17.0 Å². The summed E-state index contributed by atoms with van der Waals surface area (Å²) < 4.78 is 5.45. The number of hydrogen-bond donors (Lipinski definition) is 4. The number of anilines is 2. The molecule has 33 heavy (non-hydrogen) atoms. The standard InChI is InChI=1S/C25H33ClN4O3/c26-23-15-29-24(30-20-6-4-19(5-7-20)28-16-25(31)32)13-22(23)18-2-1-3-21(12-18)27-14-17-8-10-33-11-9-17/h1-3,12-13,15,17,19-20,27-28H,4-11,14,16H2,(H,29,30)(H,31,32). The molecule has 1 aliphatic carbocycles. The highest BCUT2D eigenvalue weighted by atomic mass is 35.5. The van der Waals surface area contributed by atoms with E-state index in [-0.39, 0.29) is 12.6 Å². The maximum atomic E-state index is 10.8. The van der Waals surface area contributed by atoms with E-state index in [1.807, 2.05) is 6.07 Å². The predicted octanol–water partition coefficient (Wildman–Crippen LogP) is 4.64. The van der Waals surface area contributed by atoms with Crippen LogP contribution in [0.15, 0.2) is 36.5 Å². The maximum Gasteiger partial charge on any atom is 0.317 e. The lowest BCUT2D eigenvalue weighted by atomic mass is 9.91. The molecule has 1 saturated heterocycles. The van der Waals surface area contributed by atoms with Gasteiger partial charge in [-0.2, -0.15) is 0 Å². The minimum absolute atomic E-state index is 0.0217. The van der Waals surface area contributed by atoms with Gasteiger partial charge in [0.05, 0.1) is 11.6 Å². The number of hydrogen-bond acceptors (Lipinski definition) is 6. The normalized spacial score (nSPS) is 21.5. The van der Waals surface area contributed by atoms with Gasteiger partial charge >= 0.3 is 5.97 Å². The smallest absolute Gasteiger partial charge is 0.317 e. The Labute approximate surface area is 200 Å². The topological polar surface area (TPSA) is 95.5 Å². The number of pyridine rings is 1. The second-order valence-corrected chi connectivity index (χ2v) is 9.44. The first-order valence-electron chi connectivity index (χ1n) is 11.9. The van der Waals surface area contributed by atoms with E-state index in [4.69, 9.17) is 21.4 Å². The molecule has 8 heteroatoms. The maximum absolute atomic E-state index is 10.8. The van der Waals surface area contributed by atoms with E-state index in [9.17, 15) is 4.79 Å². The molecule has 1 aliphatic heterocycles. The highest BCUT2D eigenvalue weighted by molar-refractivity contribution is 6.33. The molecule has 1 aromatic carbocycles. The number of nitrogens with zero attached hydrogens (tertiary/aromatic N) is 1. The summed E-state index contributed by atoms with van der Waals surface area (Å²) in [6, 6.07) is 11.0. The van der Waals surface area contributed by atoms with Crippen molar-refractivity contribution < 1.29 is 14.6 Å². The summed E-state index contributed by atoms with van der Waals surface area (Å²) in [7, 11) is 0. The summed E-state index contributed by atoms with van der Waals surface area (Å²) in [6.45, 7) is 2.69. The number of carboxylic acids is 1. The molecule has 1 saturated carbocycles. The first-order valence-corrected chi connectivity index (χ1v) is 12.2. The molecule has 2 aromatic rings. The predicted molar refractivity (Wildman–Crippen MR) is 132 cm³/mol. The van der Waals surface area contributed by atoms with Crippen LogP contribution in [0.25, 0.3) is 11.1 Å². The number of ether oxygens (including phenoxy) is 1. The van der Waals surface area contributed by atoms with Crippen LogP contribution in [0.2, 0.25) is 5.02 Å². The largest absolute Gasteiger partial charge is 0.480 e. The van der Waals surface area contributed by atoms with E-state index in [2.05, 4.69) is 45.2 Å². The van der Waals surface area contributed by atoms with Gasteiger partial charge in [0.15, 0.2) is 0 Å². The van der Waals surface area contributed by atoms with E-state index in [1.165, 1.54) is 0 Å².